The highest BCUT2D eigenvalue weighted by molar-refractivity contribution is 9.13. The maximum absolute atomic E-state index is 9.66. The van der Waals surface area contributed by atoms with Gasteiger partial charge in [0.25, 0.3) is 0 Å². The van der Waals surface area contributed by atoms with Gasteiger partial charge in [-0.15, -0.1) is 0 Å². The van der Waals surface area contributed by atoms with Gasteiger partial charge in [0.2, 0.25) is 0 Å². The third-order valence-corrected chi connectivity index (χ3v) is 4.11. The smallest absolute Gasteiger partial charge is 0.121 e. The van der Waals surface area contributed by atoms with Crippen LogP contribution in [0.15, 0.2) is 21.1 Å². The zero-order valence-electron chi connectivity index (χ0n) is 6.85. The second kappa shape index (κ2) is 3.59. The third kappa shape index (κ3) is 1.75. The van der Waals surface area contributed by atoms with Crippen molar-refractivity contribution >= 4 is 31.9 Å². The first-order chi connectivity index (χ1) is 6.18. The zero-order chi connectivity index (χ0) is 9.42. The van der Waals surface area contributed by atoms with Crippen LogP contribution >= 0.6 is 31.9 Å². The van der Waals surface area contributed by atoms with Gasteiger partial charge in [-0.1, -0.05) is 0 Å². The van der Waals surface area contributed by atoms with E-state index in [0.717, 1.165) is 27.5 Å². The summed E-state index contributed by atoms with van der Waals surface area (Å²) in [4.78, 5) is 0. The average molecular weight is 307 g/mol. The highest BCUT2D eigenvalue weighted by Crippen LogP contribution is 2.36. The van der Waals surface area contributed by atoms with E-state index in [9.17, 15) is 5.11 Å². The van der Waals surface area contributed by atoms with Gasteiger partial charge in [0.1, 0.15) is 5.75 Å². The van der Waals surface area contributed by atoms with Gasteiger partial charge in [-0.2, -0.15) is 0 Å². The first-order valence-corrected chi connectivity index (χ1v) is 5.68. The third-order valence-electron chi connectivity index (χ3n) is 2.27. The average Bonchev–Trinajstić information content (AvgIpc) is 1.96. The molecule has 0 amide bonds. The Morgan fingerprint density at radius 1 is 1.31 bits per heavy atom. The molecule has 0 radical (unpaired) electrons. The van der Waals surface area contributed by atoms with Gasteiger partial charge in [-0.3, -0.25) is 0 Å². The van der Waals surface area contributed by atoms with Gasteiger partial charge in [0.05, 0.1) is 0 Å². The molecule has 2 nitrogen and oxygen atoms in total. The van der Waals surface area contributed by atoms with Crippen molar-refractivity contribution in [3.05, 3.63) is 26.6 Å². The van der Waals surface area contributed by atoms with Crippen molar-refractivity contribution in [2.75, 3.05) is 6.54 Å². The summed E-state index contributed by atoms with van der Waals surface area (Å²) in [5.74, 6) is 0.354. The van der Waals surface area contributed by atoms with Crippen LogP contribution in [0.5, 0.6) is 5.75 Å². The molecule has 1 aromatic carbocycles. The normalized spacial score (nSPS) is 21.2. The van der Waals surface area contributed by atoms with Gasteiger partial charge in [-0.05, 0) is 57.0 Å². The molecule has 0 saturated carbocycles. The summed E-state index contributed by atoms with van der Waals surface area (Å²) < 4.78 is 1.86. The first-order valence-electron chi connectivity index (χ1n) is 4.10. The predicted octanol–water partition coefficient (Wildman–Crippen LogP) is 2.95. The van der Waals surface area contributed by atoms with Crippen LogP contribution in [0.1, 0.15) is 18.0 Å². The highest BCUT2D eigenvalue weighted by Gasteiger charge is 2.22. The van der Waals surface area contributed by atoms with E-state index in [1.807, 2.05) is 6.07 Å². The molecule has 1 heterocycles. The molecular formula is C9H9Br2NO. The lowest BCUT2D eigenvalue weighted by molar-refractivity contribution is 0.364. The number of hydrogen-bond donors (Lipinski definition) is 2. The SMILES string of the molecule is Oc1cc(Br)c(Br)cc1[C@@H]1CCN1. The van der Waals surface area contributed by atoms with Crippen LogP contribution < -0.4 is 5.32 Å². The zero-order valence-corrected chi connectivity index (χ0v) is 10.0. The molecule has 1 aliphatic heterocycles. The van der Waals surface area contributed by atoms with E-state index >= 15 is 0 Å². The summed E-state index contributed by atoms with van der Waals surface area (Å²) in [6.45, 7) is 1.04. The number of nitrogens with one attached hydrogen (secondary N) is 1. The minimum absolute atomic E-state index is 0.324. The van der Waals surface area contributed by atoms with Crippen LogP contribution in [-0.2, 0) is 0 Å². The second-order valence-electron chi connectivity index (χ2n) is 3.12. The first kappa shape index (κ1) is 9.49. The Bertz CT molecular complexity index is 337. The maximum Gasteiger partial charge on any atom is 0.121 e. The number of aromatic hydroxyl groups is 1. The summed E-state index contributed by atoms with van der Waals surface area (Å²) in [6.07, 6.45) is 1.10. The van der Waals surface area contributed by atoms with Crippen LogP contribution in [0.2, 0.25) is 0 Å². The van der Waals surface area contributed by atoms with Crippen LogP contribution in [0.3, 0.4) is 0 Å². The molecule has 1 fully saturated rings. The number of phenolic OH excluding ortho intramolecular Hbond substituents is 1. The van der Waals surface area contributed by atoms with Crippen molar-refractivity contribution in [3.63, 3.8) is 0 Å². The summed E-state index contributed by atoms with van der Waals surface area (Å²) >= 11 is 6.76. The fraction of sp³-hybridized carbons (Fsp3) is 0.333. The number of hydrogen-bond acceptors (Lipinski definition) is 2. The summed E-state index contributed by atoms with van der Waals surface area (Å²) in [6, 6.07) is 4.00. The number of rotatable bonds is 1. The Hall–Kier alpha value is -0.0600. The second-order valence-corrected chi connectivity index (χ2v) is 4.83. The molecule has 1 aliphatic rings. The Morgan fingerprint density at radius 2 is 1.92 bits per heavy atom. The van der Waals surface area contributed by atoms with E-state index in [4.69, 9.17) is 0 Å². The van der Waals surface area contributed by atoms with Gasteiger partial charge in [0.15, 0.2) is 0 Å². The quantitative estimate of drug-likeness (QED) is 0.836. The molecule has 4 heteroatoms. The molecule has 0 aliphatic carbocycles. The molecule has 1 aromatic rings. The van der Waals surface area contributed by atoms with Crippen LogP contribution in [0.4, 0.5) is 0 Å². The van der Waals surface area contributed by atoms with Crippen molar-refractivity contribution in [2.24, 2.45) is 0 Å². The Morgan fingerprint density at radius 3 is 2.46 bits per heavy atom. The van der Waals surface area contributed by atoms with Crippen LogP contribution in [-0.4, -0.2) is 11.7 Å². The standard InChI is InChI=1S/C9H9Br2NO/c10-6-3-5(8-1-2-12-8)9(13)4-7(6)11/h3-4,8,12-13H,1-2H2/t8-/m0/s1. The number of halogens is 2. The Labute approximate surface area is 93.6 Å². The lowest BCUT2D eigenvalue weighted by atomic mass is 9.97. The van der Waals surface area contributed by atoms with E-state index in [-0.39, 0.29) is 0 Å². The largest absolute Gasteiger partial charge is 0.508 e. The van der Waals surface area contributed by atoms with E-state index in [1.165, 1.54) is 0 Å². The molecule has 0 spiro atoms. The van der Waals surface area contributed by atoms with Gasteiger partial charge in [-0.25, -0.2) is 0 Å². The summed E-state index contributed by atoms with van der Waals surface area (Å²) in [5.41, 5.74) is 0.973. The van der Waals surface area contributed by atoms with E-state index < -0.39 is 0 Å². The lowest BCUT2D eigenvalue weighted by Crippen LogP contribution is -2.34. The van der Waals surface area contributed by atoms with E-state index in [1.54, 1.807) is 6.07 Å². The molecule has 1 atom stereocenters. The Kier molecular flexibility index (Phi) is 2.62. The molecule has 0 bridgehead atoms. The number of phenols is 1. The van der Waals surface area contributed by atoms with Crippen LogP contribution in [0, 0.1) is 0 Å². The molecule has 13 heavy (non-hydrogen) atoms. The molecule has 0 aromatic heterocycles. The maximum atomic E-state index is 9.66. The molecule has 0 unspecified atom stereocenters. The molecular weight excluding hydrogens is 298 g/mol. The summed E-state index contributed by atoms with van der Waals surface area (Å²) in [5, 5.41) is 12.9. The van der Waals surface area contributed by atoms with E-state index in [0.29, 0.717) is 11.8 Å². The van der Waals surface area contributed by atoms with Crippen molar-refractivity contribution in [2.45, 2.75) is 12.5 Å². The topological polar surface area (TPSA) is 32.3 Å². The van der Waals surface area contributed by atoms with Crippen molar-refractivity contribution in [1.29, 1.82) is 0 Å². The van der Waals surface area contributed by atoms with Crippen molar-refractivity contribution < 1.29 is 5.11 Å². The minimum Gasteiger partial charge on any atom is -0.508 e. The molecule has 1 saturated heterocycles. The number of benzene rings is 1. The highest BCUT2D eigenvalue weighted by atomic mass is 79.9. The fourth-order valence-corrected chi connectivity index (χ4v) is 2.08. The Balaban J connectivity index is 2.39. The lowest BCUT2D eigenvalue weighted by Gasteiger charge is -2.28. The van der Waals surface area contributed by atoms with Crippen molar-refractivity contribution in [3.8, 4) is 5.75 Å². The fourth-order valence-electron chi connectivity index (χ4n) is 1.38. The molecule has 2 N–H and O–H groups in total. The summed E-state index contributed by atoms with van der Waals surface area (Å²) in [7, 11) is 0. The molecule has 2 rings (SSSR count). The molecule has 70 valence electrons. The van der Waals surface area contributed by atoms with Gasteiger partial charge in [0, 0.05) is 20.6 Å². The predicted molar refractivity (Wildman–Crippen MR) is 58.9 cm³/mol. The van der Waals surface area contributed by atoms with Gasteiger partial charge < -0.3 is 10.4 Å². The van der Waals surface area contributed by atoms with E-state index in [2.05, 4.69) is 37.2 Å². The van der Waals surface area contributed by atoms with Crippen LogP contribution in [0.25, 0.3) is 0 Å². The minimum atomic E-state index is 0.324. The van der Waals surface area contributed by atoms with Crippen molar-refractivity contribution in [1.82, 2.24) is 5.32 Å². The monoisotopic (exact) mass is 305 g/mol. The van der Waals surface area contributed by atoms with Gasteiger partial charge >= 0.3 is 0 Å².